The Morgan fingerprint density at radius 1 is 1.50 bits per heavy atom. The van der Waals surface area contributed by atoms with Crippen molar-refractivity contribution in [1.82, 2.24) is 0 Å². The largest absolute Gasteiger partial charge is 0.495 e. The predicted molar refractivity (Wildman–Crippen MR) is 72.7 cm³/mol. The molecule has 0 spiro atoms. The van der Waals surface area contributed by atoms with Gasteiger partial charge >= 0.3 is 5.97 Å². The van der Waals surface area contributed by atoms with Crippen LogP contribution in [0.25, 0.3) is 0 Å². The molecule has 0 amide bonds. The predicted octanol–water partition coefficient (Wildman–Crippen LogP) is 3.04. The first-order valence-corrected chi connectivity index (χ1v) is 6.25. The smallest absolute Gasteiger partial charge is 0.326 e. The number of anilines is 1. The van der Waals surface area contributed by atoms with E-state index in [0.29, 0.717) is 23.7 Å². The van der Waals surface area contributed by atoms with Gasteiger partial charge in [-0.2, -0.15) is 0 Å². The lowest BCUT2D eigenvalue weighted by Gasteiger charge is -2.29. The van der Waals surface area contributed by atoms with Gasteiger partial charge in [-0.25, -0.2) is 4.79 Å². The fourth-order valence-corrected chi connectivity index (χ4v) is 2.20. The van der Waals surface area contributed by atoms with E-state index < -0.39 is 12.0 Å². The zero-order valence-electron chi connectivity index (χ0n) is 10.8. The molecular formula is C13H18ClNO3. The molecule has 1 atom stereocenters. The van der Waals surface area contributed by atoms with E-state index in [2.05, 4.69) is 0 Å². The van der Waals surface area contributed by atoms with E-state index >= 15 is 0 Å². The van der Waals surface area contributed by atoms with E-state index in [9.17, 15) is 9.90 Å². The highest BCUT2D eigenvalue weighted by Gasteiger charge is 2.23. The normalized spacial score (nSPS) is 12.0. The molecule has 5 heteroatoms. The summed E-state index contributed by atoms with van der Waals surface area (Å²) < 4.78 is 5.08. The second-order valence-electron chi connectivity index (χ2n) is 3.87. The number of carboxylic acids is 1. The van der Waals surface area contributed by atoms with Crippen LogP contribution in [-0.4, -0.2) is 30.8 Å². The van der Waals surface area contributed by atoms with Gasteiger partial charge in [0.25, 0.3) is 0 Å². The number of benzene rings is 1. The van der Waals surface area contributed by atoms with E-state index in [-0.39, 0.29) is 0 Å². The number of carboxylic acid groups (broad SMARTS) is 1. The number of halogens is 1. The van der Waals surface area contributed by atoms with Crippen LogP contribution in [0.15, 0.2) is 18.2 Å². The van der Waals surface area contributed by atoms with Crippen LogP contribution in [0.2, 0.25) is 5.02 Å². The number of ether oxygens (including phenoxy) is 1. The number of hydrogen-bond donors (Lipinski definition) is 1. The van der Waals surface area contributed by atoms with Crippen LogP contribution in [0.4, 0.5) is 5.69 Å². The van der Waals surface area contributed by atoms with Crippen molar-refractivity contribution >= 4 is 23.3 Å². The Kier molecular flexibility index (Phi) is 5.28. The molecule has 0 unspecified atom stereocenters. The van der Waals surface area contributed by atoms with Crippen LogP contribution in [-0.2, 0) is 4.79 Å². The van der Waals surface area contributed by atoms with Crippen molar-refractivity contribution in [3.05, 3.63) is 23.2 Å². The molecule has 4 nitrogen and oxygen atoms in total. The van der Waals surface area contributed by atoms with Gasteiger partial charge in [-0.05, 0) is 31.5 Å². The van der Waals surface area contributed by atoms with Gasteiger partial charge in [0.2, 0.25) is 0 Å². The molecule has 100 valence electrons. The summed E-state index contributed by atoms with van der Waals surface area (Å²) in [6, 6.07) is 4.75. The molecule has 0 saturated heterocycles. The van der Waals surface area contributed by atoms with Gasteiger partial charge in [0.15, 0.2) is 0 Å². The van der Waals surface area contributed by atoms with Gasteiger partial charge in [0.05, 0.1) is 12.1 Å². The molecule has 0 aliphatic rings. The molecule has 1 aromatic rings. The quantitative estimate of drug-likeness (QED) is 0.864. The summed E-state index contributed by atoms with van der Waals surface area (Å²) >= 11 is 6.06. The average Bonchev–Trinajstić information content (AvgIpc) is 2.35. The Morgan fingerprint density at radius 3 is 2.56 bits per heavy atom. The summed E-state index contributed by atoms with van der Waals surface area (Å²) in [5.41, 5.74) is 0.789. The number of nitrogens with zero attached hydrogens (tertiary/aromatic N) is 1. The fourth-order valence-electron chi connectivity index (χ4n) is 1.95. The summed E-state index contributed by atoms with van der Waals surface area (Å²) in [6.07, 6.45) is 0.535. The summed E-state index contributed by atoms with van der Waals surface area (Å²) in [5.74, 6) is -0.244. The fraction of sp³-hybridized carbons (Fsp3) is 0.462. The van der Waals surface area contributed by atoms with Crippen molar-refractivity contribution < 1.29 is 14.6 Å². The molecule has 1 aromatic carbocycles. The minimum absolute atomic E-state index is 0.480. The molecule has 0 saturated carbocycles. The summed E-state index contributed by atoms with van der Waals surface area (Å²) in [6.45, 7) is 4.38. The van der Waals surface area contributed by atoms with Crippen LogP contribution < -0.4 is 9.64 Å². The third-order valence-electron chi connectivity index (χ3n) is 2.86. The second-order valence-corrected chi connectivity index (χ2v) is 4.27. The first-order valence-electron chi connectivity index (χ1n) is 5.88. The minimum atomic E-state index is -0.828. The number of aliphatic carboxylic acids is 1. The van der Waals surface area contributed by atoms with Gasteiger partial charge < -0.3 is 14.7 Å². The first-order chi connectivity index (χ1) is 8.54. The minimum Gasteiger partial charge on any atom is -0.495 e. The lowest BCUT2D eigenvalue weighted by Crippen LogP contribution is -2.40. The van der Waals surface area contributed by atoms with Gasteiger partial charge in [0.1, 0.15) is 11.8 Å². The number of methoxy groups -OCH3 is 1. The first kappa shape index (κ1) is 14.6. The number of likely N-dealkylation sites (N-methyl/N-ethyl adjacent to an activating group) is 1. The lowest BCUT2D eigenvalue weighted by atomic mass is 10.1. The maximum absolute atomic E-state index is 11.2. The SMILES string of the molecule is CC[C@@H](C(=O)O)N(CC)c1ccc(OC)c(Cl)c1. The third-order valence-corrected chi connectivity index (χ3v) is 3.15. The number of rotatable bonds is 6. The van der Waals surface area contributed by atoms with Crippen molar-refractivity contribution in [3.63, 3.8) is 0 Å². The highest BCUT2D eigenvalue weighted by atomic mass is 35.5. The third kappa shape index (κ3) is 3.07. The highest BCUT2D eigenvalue weighted by molar-refractivity contribution is 6.32. The Bertz CT molecular complexity index is 423. The zero-order chi connectivity index (χ0) is 13.7. The van der Waals surface area contributed by atoms with Crippen LogP contribution in [0.1, 0.15) is 20.3 Å². The van der Waals surface area contributed by atoms with E-state index in [1.807, 2.05) is 24.8 Å². The monoisotopic (exact) mass is 271 g/mol. The van der Waals surface area contributed by atoms with Gasteiger partial charge in [0, 0.05) is 12.2 Å². The van der Waals surface area contributed by atoms with E-state index in [1.54, 1.807) is 19.2 Å². The second kappa shape index (κ2) is 6.50. The number of carbonyl (C=O) groups is 1. The summed E-state index contributed by atoms with van der Waals surface area (Å²) in [4.78, 5) is 13.0. The van der Waals surface area contributed by atoms with E-state index in [0.717, 1.165) is 5.69 Å². The van der Waals surface area contributed by atoms with Crippen LogP contribution in [0, 0.1) is 0 Å². The zero-order valence-corrected chi connectivity index (χ0v) is 11.6. The van der Waals surface area contributed by atoms with Gasteiger partial charge in [-0.1, -0.05) is 18.5 Å². The molecule has 18 heavy (non-hydrogen) atoms. The highest BCUT2D eigenvalue weighted by Crippen LogP contribution is 2.30. The molecule has 1 rings (SSSR count). The van der Waals surface area contributed by atoms with Crippen molar-refractivity contribution in [2.45, 2.75) is 26.3 Å². The Balaban J connectivity index is 3.08. The maximum Gasteiger partial charge on any atom is 0.326 e. The van der Waals surface area contributed by atoms with E-state index in [1.165, 1.54) is 0 Å². The van der Waals surface area contributed by atoms with E-state index in [4.69, 9.17) is 16.3 Å². The lowest BCUT2D eigenvalue weighted by molar-refractivity contribution is -0.138. The van der Waals surface area contributed by atoms with Gasteiger partial charge in [-0.15, -0.1) is 0 Å². The van der Waals surface area contributed by atoms with Crippen LogP contribution >= 0.6 is 11.6 Å². The average molecular weight is 272 g/mol. The standard InChI is InChI=1S/C13H18ClNO3/c1-4-11(13(16)17)15(5-2)9-6-7-12(18-3)10(14)8-9/h6-8,11H,4-5H2,1-3H3,(H,16,17)/t11-/m0/s1. The molecule has 0 aliphatic carbocycles. The van der Waals surface area contributed by atoms with Crippen molar-refractivity contribution in [3.8, 4) is 5.75 Å². The molecular weight excluding hydrogens is 254 g/mol. The van der Waals surface area contributed by atoms with Gasteiger partial charge in [-0.3, -0.25) is 0 Å². The van der Waals surface area contributed by atoms with Crippen molar-refractivity contribution in [1.29, 1.82) is 0 Å². The topological polar surface area (TPSA) is 49.8 Å². The maximum atomic E-state index is 11.2. The molecule has 0 aliphatic heterocycles. The molecule has 0 radical (unpaired) electrons. The van der Waals surface area contributed by atoms with Crippen LogP contribution in [0.5, 0.6) is 5.75 Å². The molecule has 0 fully saturated rings. The molecule has 0 heterocycles. The Hall–Kier alpha value is -1.42. The summed E-state index contributed by atoms with van der Waals surface area (Å²) in [5, 5.41) is 9.69. The van der Waals surface area contributed by atoms with Crippen molar-refractivity contribution in [2.75, 3.05) is 18.6 Å². The summed E-state index contributed by atoms with van der Waals surface area (Å²) in [7, 11) is 1.55. The number of hydrogen-bond acceptors (Lipinski definition) is 3. The van der Waals surface area contributed by atoms with Crippen molar-refractivity contribution in [2.24, 2.45) is 0 Å². The molecule has 1 N–H and O–H groups in total. The molecule has 0 bridgehead atoms. The molecule has 0 aromatic heterocycles. The Morgan fingerprint density at radius 2 is 2.17 bits per heavy atom. The van der Waals surface area contributed by atoms with Crippen LogP contribution in [0.3, 0.4) is 0 Å². The Labute approximate surface area is 112 Å².